The van der Waals surface area contributed by atoms with Crippen LogP contribution in [0.3, 0.4) is 0 Å². The van der Waals surface area contributed by atoms with Crippen LogP contribution >= 0.6 is 0 Å². The summed E-state index contributed by atoms with van der Waals surface area (Å²) < 4.78 is 0. The van der Waals surface area contributed by atoms with Gasteiger partial charge in [-0.25, -0.2) is 4.79 Å². The first-order valence-corrected chi connectivity index (χ1v) is 3.94. The zero-order valence-electron chi connectivity index (χ0n) is 6.63. The Hall–Kier alpha value is -0.970. The minimum Gasteiger partial charge on any atom is -0.472 e. The SMILES string of the molecule is CC1CCCC1C#CC(=O)O. The lowest BCUT2D eigenvalue weighted by atomic mass is 9.99. The third-order valence-electron chi connectivity index (χ3n) is 2.23. The van der Waals surface area contributed by atoms with Gasteiger partial charge in [-0.1, -0.05) is 19.3 Å². The van der Waals surface area contributed by atoms with Crippen LogP contribution < -0.4 is 0 Å². The average Bonchev–Trinajstić information content (AvgIpc) is 2.31. The van der Waals surface area contributed by atoms with Gasteiger partial charge < -0.3 is 5.11 Å². The largest absolute Gasteiger partial charge is 0.472 e. The molecule has 0 spiro atoms. The van der Waals surface area contributed by atoms with Crippen LogP contribution in [0.2, 0.25) is 0 Å². The molecule has 1 aliphatic rings. The molecular weight excluding hydrogens is 140 g/mol. The first kappa shape index (κ1) is 8.13. The second-order valence-corrected chi connectivity index (χ2v) is 3.09. The van der Waals surface area contributed by atoms with Gasteiger partial charge in [0.1, 0.15) is 0 Å². The maximum absolute atomic E-state index is 10.1. The van der Waals surface area contributed by atoms with Crippen molar-refractivity contribution in [2.45, 2.75) is 26.2 Å². The predicted octanol–water partition coefficient (Wildman–Crippen LogP) is 1.51. The molecule has 0 aliphatic heterocycles. The third kappa shape index (κ3) is 2.27. The minimum absolute atomic E-state index is 0.325. The highest BCUT2D eigenvalue weighted by Gasteiger charge is 2.20. The summed E-state index contributed by atoms with van der Waals surface area (Å²) >= 11 is 0. The molecule has 1 fully saturated rings. The van der Waals surface area contributed by atoms with Gasteiger partial charge in [0.15, 0.2) is 0 Å². The van der Waals surface area contributed by atoms with E-state index in [1.807, 2.05) is 0 Å². The van der Waals surface area contributed by atoms with Crippen LogP contribution in [-0.2, 0) is 4.79 Å². The lowest BCUT2D eigenvalue weighted by Gasteiger charge is -2.04. The number of aliphatic carboxylic acids is 1. The molecule has 1 N–H and O–H groups in total. The lowest BCUT2D eigenvalue weighted by molar-refractivity contribution is -0.130. The van der Waals surface area contributed by atoms with Crippen molar-refractivity contribution in [1.82, 2.24) is 0 Å². The van der Waals surface area contributed by atoms with Gasteiger partial charge in [0.05, 0.1) is 0 Å². The smallest absolute Gasteiger partial charge is 0.381 e. The fourth-order valence-electron chi connectivity index (χ4n) is 1.51. The van der Waals surface area contributed by atoms with Crippen molar-refractivity contribution in [3.8, 4) is 11.8 Å². The van der Waals surface area contributed by atoms with Gasteiger partial charge in [0.25, 0.3) is 0 Å². The first-order valence-electron chi connectivity index (χ1n) is 3.94. The number of rotatable bonds is 0. The maximum Gasteiger partial charge on any atom is 0.381 e. The number of carboxylic acids is 1. The van der Waals surface area contributed by atoms with E-state index in [0.29, 0.717) is 11.8 Å². The zero-order valence-corrected chi connectivity index (χ0v) is 6.63. The van der Waals surface area contributed by atoms with E-state index in [-0.39, 0.29) is 0 Å². The molecule has 0 radical (unpaired) electrons. The van der Waals surface area contributed by atoms with E-state index in [4.69, 9.17) is 5.11 Å². The van der Waals surface area contributed by atoms with Crippen LogP contribution in [0.4, 0.5) is 0 Å². The summed E-state index contributed by atoms with van der Waals surface area (Å²) in [7, 11) is 0. The Bertz CT molecular complexity index is 209. The summed E-state index contributed by atoms with van der Waals surface area (Å²) in [5, 5.41) is 8.29. The van der Waals surface area contributed by atoms with Crippen LogP contribution in [0.25, 0.3) is 0 Å². The van der Waals surface area contributed by atoms with E-state index in [0.717, 1.165) is 6.42 Å². The summed E-state index contributed by atoms with van der Waals surface area (Å²) in [4.78, 5) is 10.1. The minimum atomic E-state index is -1.01. The van der Waals surface area contributed by atoms with Gasteiger partial charge in [0, 0.05) is 11.8 Å². The van der Waals surface area contributed by atoms with Crippen molar-refractivity contribution in [3.05, 3.63) is 0 Å². The van der Waals surface area contributed by atoms with Gasteiger partial charge in [-0.2, -0.15) is 0 Å². The molecule has 0 aromatic carbocycles. The molecule has 1 saturated carbocycles. The summed E-state index contributed by atoms with van der Waals surface area (Å²) in [5.74, 6) is 4.87. The van der Waals surface area contributed by atoms with Crippen LogP contribution in [0.15, 0.2) is 0 Å². The second-order valence-electron chi connectivity index (χ2n) is 3.09. The van der Waals surface area contributed by atoms with E-state index in [9.17, 15) is 4.79 Å². The van der Waals surface area contributed by atoms with E-state index in [2.05, 4.69) is 18.8 Å². The Morgan fingerprint density at radius 1 is 1.55 bits per heavy atom. The van der Waals surface area contributed by atoms with Gasteiger partial charge in [-0.3, -0.25) is 0 Å². The predicted molar refractivity (Wildman–Crippen MR) is 41.9 cm³/mol. The standard InChI is InChI=1S/C9H12O2/c1-7-3-2-4-8(7)5-6-9(10)11/h7-8H,2-4H2,1H3,(H,10,11). The molecular formula is C9H12O2. The van der Waals surface area contributed by atoms with Gasteiger partial charge >= 0.3 is 5.97 Å². The Balaban J connectivity index is 2.50. The molecule has 0 aromatic rings. The molecule has 1 rings (SSSR count). The Labute approximate surface area is 66.6 Å². The highest BCUT2D eigenvalue weighted by atomic mass is 16.4. The topological polar surface area (TPSA) is 37.3 Å². The molecule has 1 aliphatic carbocycles. The molecule has 2 heteroatoms. The van der Waals surface area contributed by atoms with E-state index < -0.39 is 5.97 Å². The molecule has 2 nitrogen and oxygen atoms in total. The summed E-state index contributed by atoms with van der Waals surface area (Å²) in [6.07, 6.45) is 3.46. The van der Waals surface area contributed by atoms with E-state index in [1.54, 1.807) is 0 Å². The number of carbonyl (C=O) groups is 1. The molecule has 0 bridgehead atoms. The Morgan fingerprint density at radius 2 is 2.27 bits per heavy atom. The van der Waals surface area contributed by atoms with E-state index in [1.165, 1.54) is 12.8 Å². The number of hydrogen-bond acceptors (Lipinski definition) is 1. The summed E-state index contributed by atoms with van der Waals surface area (Å²) in [5.41, 5.74) is 0. The molecule has 0 saturated heterocycles. The van der Waals surface area contributed by atoms with Crippen molar-refractivity contribution in [2.75, 3.05) is 0 Å². The quantitative estimate of drug-likeness (QED) is 0.534. The molecule has 0 aromatic heterocycles. The highest BCUT2D eigenvalue weighted by molar-refractivity contribution is 5.86. The molecule has 11 heavy (non-hydrogen) atoms. The molecule has 0 amide bonds. The zero-order chi connectivity index (χ0) is 8.27. The fraction of sp³-hybridized carbons (Fsp3) is 0.667. The van der Waals surface area contributed by atoms with Crippen molar-refractivity contribution >= 4 is 5.97 Å². The van der Waals surface area contributed by atoms with Crippen molar-refractivity contribution in [3.63, 3.8) is 0 Å². The van der Waals surface area contributed by atoms with Gasteiger partial charge in [0.2, 0.25) is 0 Å². The van der Waals surface area contributed by atoms with Crippen LogP contribution in [0.1, 0.15) is 26.2 Å². The Kier molecular flexibility index (Phi) is 2.53. The van der Waals surface area contributed by atoms with Gasteiger partial charge in [-0.05, 0) is 18.8 Å². The number of hydrogen-bond donors (Lipinski definition) is 1. The Morgan fingerprint density at radius 3 is 2.73 bits per heavy atom. The van der Waals surface area contributed by atoms with E-state index >= 15 is 0 Å². The summed E-state index contributed by atoms with van der Waals surface area (Å²) in [6.45, 7) is 2.13. The first-order chi connectivity index (χ1) is 5.20. The monoisotopic (exact) mass is 152 g/mol. The molecule has 0 heterocycles. The second kappa shape index (κ2) is 3.43. The summed E-state index contributed by atoms with van der Waals surface area (Å²) in [6, 6.07) is 0. The van der Waals surface area contributed by atoms with Crippen molar-refractivity contribution in [2.24, 2.45) is 11.8 Å². The molecule has 60 valence electrons. The van der Waals surface area contributed by atoms with Crippen molar-refractivity contribution in [1.29, 1.82) is 0 Å². The maximum atomic E-state index is 10.1. The molecule has 2 unspecified atom stereocenters. The van der Waals surface area contributed by atoms with Crippen LogP contribution in [0, 0.1) is 23.7 Å². The molecule has 2 atom stereocenters. The average molecular weight is 152 g/mol. The number of carboxylic acid groups (broad SMARTS) is 1. The highest BCUT2D eigenvalue weighted by Crippen LogP contribution is 2.30. The van der Waals surface area contributed by atoms with Crippen LogP contribution in [-0.4, -0.2) is 11.1 Å². The van der Waals surface area contributed by atoms with Crippen molar-refractivity contribution < 1.29 is 9.90 Å². The lowest BCUT2D eigenvalue weighted by Crippen LogP contribution is -2.01. The fourth-order valence-corrected chi connectivity index (χ4v) is 1.51. The third-order valence-corrected chi connectivity index (χ3v) is 2.23. The van der Waals surface area contributed by atoms with Crippen LogP contribution in [0.5, 0.6) is 0 Å². The van der Waals surface area contributed by atoms with Gasteiger partial charge in [-0.15, -0.1) is 0 Å². The normalized spacial score (nSPS) is 29.2.